The van der Waals surface area contributed by atoms with Crippen molar-refractivity contribution >= 4 is 75.1 Å². The van der Waals surface area contributed by atoms with Gasteiger partial charge in [0.05, 0.1) is 38.0 Å². The molecule has 10 rings (SSSR count). The number of benzene rings is 7. The average molecular weight is 616 g/mol. The highest BCUT2D eigenvalue weighted by atomic mass is 32.1. The van der Waals surface area contributed by atoms with E-state index in [2.05, 4.69) is 161 Å². The van der Waals surface area contributed by atoms with Crippen molar-refractivity contribution in [2.75, 3.05) is 0 Å². The summed E-state index contributed by atoms with van der Waals surface area (Å²) in [6.45, 7) is 0. The Balaban J connectivity index is 1.14. The Bertz CT molecular complexity index is 2860. The zero-order valence-corrected chi connectivity index (χ0v) is 26.0. The normalized spacial score (nSPS) is 11.8. The molecule has 218 valence electrons. The summed E-state index contributed by atoms with van der Waals surface area (Å²) in [6.07, 6.45) is 0. The van der Waals surface area contributed by atoms with Crippen LogP contribution < -0.4 is 0 Å². The summed E-state index contributed by atoms with van der Waals surface area (Å²) in [4.78, 5) is 0. The first-order valence-corrected chi connectivity index (χ1v) is 16.6. The summed E-state index contributed by atoms with van der Waals surface area (Å²) in [6, 6.07) is 56.3. The molecule has 0 saturated heterocycles. The molecule has 47 heavy (non-hydrogen) atoms. The largest absolute Gasteiger partial charge is 0.309 e. The van der Waals surface area contributed by atoms with E-state index in [0.29, 0.717) is 5.56 Å². The van der Waals surface area contributed by atoms with Gasteiger partial charge in [-0.2, -0.15) is 5.26 Å². The fraction of sp³-hybridized carbons (Fsp3) is 0. The Hall–Kier alpha value is -6.15. The number of hydrogen-bond donors (Lipinski definition) is 0. The first kappa shape index (κ1) is 26.1. The predicted molar refractivity (Wildman–Crippen MR) is 198 cm³/mol. The number of nitriles is 1. The lowest BCUT2D eigenvalue weighted by Crippen LogP contribution is -1.98. The molecule has 10 aromatic rings. The van der Waals surface area contributed by atoms with Crippen LogP contribution >= 0.6 is 11.3 Å². The van der Waals surface area contributed by atoms with Crippen molar-refractivity contribution in [3.8, 4) is 28.6 Å². The number of nitrogens with zero attached hydrogens (tertiary/aromatic N) is 3. The number of rotatable bonds is 3. The molecule has 0 N–H and O–H groups in total. The molecule has 0 spiro atoms. The van der Waals surface area contributed by atoms with Crippen LogP contribution in [-0.4, -0.2) is 9.13 Å². The smallest absolute Gasteiger partial charge is 0.101 e. The van der Waals surface area contributed by atoms with Gasteiger partial charge >= 0.3 is 0 Å². The van der Waals surface area contributed by atoms with E-state index >= 15 is 0 Å². The second-order valence-electron chi connectivity index (χ2n) is 12.0. The van der Waals surface area contributed by atoms with Crippen molar-refractivity contribution in [2.45, 2.75) is 0 Å². The Kier molecular flexibility index (Phi) is 5.51. The maximum Gasteiger partial charge on any atom is 0.101 e. The van der Waals surface area contributed by atoms with Gasteiger partial charge in [0.1, 0.15) is 6.07 Å². The molecular weight excluding hydrogens is 591 g/mol. The monoisotopic (exact) mass is 615 g/mol. The lowest BCUT2D eigenvalue weighted by Gasteiger charge is -2.13. The van der Waals surface area contributed by atoms with Gasteiger partial charge < -0.3 is 9.13 Å². The molecule has 3 aromatic heterocycles. The van der Waals surface area contributed by atoms with E-state index in [1.165, 1.54) is 52.8 Å². The van der Waals surface area contributed by atoms with Gasteiger partial charge in [-0.1, -0.05) is 103 Å². The summed E-state index contributed by atoms with van der Waals surface area (Å²) in [7, 11) is 0. The van der Waals surface area contributed by atoms with E-state index < -0.39 is 0 Å². The van der Waals surface area contributed by atoms with Crippen LogP contribution in [0.4, 0.5) is 0 Å². The van der Waals surface area contributed by atoms with Crippen molar-refractivity contribution in [3.05, 3.63) is 157 Å². The molecule has 0 amide bonds. The van der Waals surface area contributed by atoms with E-state index in [1.54, 1.807) is 0 Å². The fourth-order valence-electron chi connectivity index (χ4n) is 7.48. The molecule has 4 heteroatoms. The van der Waals surface area contributed by atoms with Crippen LogP contribution in [0, 0.1) is 11.3 Å². The molecule has 7 aromatic carbocycles. The van der Waals surface area contributed by atoms with Gasteiger partial charge in [-0.3, -0.25) is 0 Å². The van der Waals surface area contributed by atoms with Gasteiger partial charge in [0.2, 0.25) is 0 Å². The molecule has 0 bridgehead atoms. The van der Waals surface area contributed by atoms with Gasteiger partial charge in [0, 0.05) is 42.7 Å². The maximum absolute atomic E-state index is 10.6. The summed E-state index contributed by atoms with van der Waals surface area (Å²) in [5.74, 6) is 0. The Morgan fingerprint density at radius 1 is 0.468 bits per heavy atom. The maximum atomic E-state index is 10.6. The zero-order valence-electron chi connectivity index (χ0n) is 25.2. The standard InChI is InChI=1S/C43H25N3S/c44-26-29-25-28(27-17-20-30(21-18-27)45-38-13-5-1-9-31(38)32-10-2-6-14-39(32)45)19-24-37(29)46-40-15-7-3-11-33(40)35-22-23-36-34-12-4-8-16-41(34)47-43(36)42(35)46/h1-25H. The number of hydrogen-bond acceptors (Lipinski definition) is 2. The first-order valence-electron chi connectivity index (χ1n) is 15.8. The zero-order chi connectivity index (χ0) is 31.1. The highest BCUT2D eigenvalue weighted by molar-refractivity contribution is 7.26. The average Bonchev–Trinajstić information content (AvgIpc) is 3.79. The summed E-state index contributed by atoms with van der Waals surface area (Å²) >= 11 is 1.82. The van der Waals surface area contributed by atoms with Gasteiger partial charge in [0.25, 0.3) is 0 Å². The van der Waals surface area contributed by atoms with Gasteiger partial charge in [-0.05, 0) is 59.7 Å². The third-order valence-corrected chi connectivity index (χ3v) is 10.8. The Morgan fingerprint density at radius 3 is 1.70 bits per heavy atom. The van der Waals surface area contributed by atoms with Crippen LogP contribution in [0.1, 0.15) is 5.56 Å². The van der Waals surface area contributed by atoms with Crippen molar-refractivity contribution in [3.63, 3.8) is 0 Å². The van der Waals surface area contributed by atoms with E-state index in [4.69, 9.17) is 0 Å². The van der Waals surface area contributed by atoms with E-state index in [-0.39, 0.29) is 0 Å². The minimum atomic E-state index is 0.648. The molecule has 0 radical (unpaired) electrons. The van der Waals surface area contributed by atoms with Crippen molar-refractivity contribution in [2.24, 2.45) is 0 Å². The van der Waals surface area contributed by atoms with Gasteiger partial charge in [-0.15, -0.1) is 11.3 Å². The fourth-order valence-corrected chi connectivity index (χ4v) is 8.73. The minimum Gasteiger partial charge on any atom is -0.309 e. The molecule has 3 nitrogen and oxygen atoms in total. The summed E-state index contributed by atoms with van der Waals surface area (Å²) in [5, 5.41) is 18.0. The van der Waals surface area contributed by atoms with Gasteiger partial charge in [0.15, 0.2) is 0 Å². The van der Waals surface area contributed by atoms with E-state index in [1.807, 2.05) is 17.4 Å². The second-order valence-corrected chi connectivity index (χ2v) is 13.1. The van der Waals surface area contributed by atoms with E-state index in [9.17, 15) is 5.26 Å². The SMILES string of the molecule is N#Cc1cc(-c2ccc(-n3c4ccccc4c4ccccc43)cc2)ccc1-n1c2ccccc2c2ccc3c4ccccc4sc3c21. The second kappa shape index (κ2) is 9.92. The van der Waals surface area contributed by atoms with Crippen molar-refractivity contribution in [1.82, 2.24) is 9.13 Å². The van der Waals surface area contributed by atoms with Crippen LogP contribution in [0.25, 0.3) is 86.3 Å². The van der Waals surface area contributed by atoms with E-state index in [0.717, 1.165) is 33.5 Å². The third kappa shape index (κ3) is 3.72. The minimum absolute atomic E-state index is 0.648. The molecular formula is C43H25N3S. The highest BCUT2D eigenvalue weighted by Gasteiger charge is 2.20. The lowest BCUT2D eigenvalue weighted by atomic mass is 10.0. The van der Waals surface area contributed by atoms with Crippen molar-refractivity contribution in [1.29, 1.82) is 5.26 Å². The third-order valence-electron chi connectivity index (χ3n) is 9.58. The van der Waals surface area contributed by atoms with Crippen LogP contribution in [-0.2, 0) is 0 Å². The predicted octanol–water partition coefficient (Wildman–Crippen LogP) is 11.8. The Morgan fingerprint density at radius 2 is 1.02 bits per heavy atom. The van der Waals surface area contributed by atoms with Crippen LogP contribution in [0.5, 0.6) is 0 Å². The quantitative estimate of drug-likeness (QED) is 0.195. The van der Waals surface area contributed by atoms with Crippen LogP contribution in [0.3, 0.4) is 0 Å². The highest BCUT2D eigenvalue weighted by Crippen LogP contribution is 2.43. The molecule has 0 fully saturated rings. The number of aromatic nitrogens is 2. The molecule has 0 atom stereocenters. The van der Waals surface area contributed by atoms with Crippen molar-refractivity contribution < 1.29 is 0 Å². The first-order chi connectivity index (χ1) is 23.3. The number of fused-ring (bicyclic) bond motifs is 10. The topological polar surface area (TPSA) is 33.6 Å². The number of thiophene rings is 1. The lowest BCUT2D eigenvalue weighted by molar-refractivity contribution is 1.17. The Labute approximate surface area is 274 Å². The van der Waals surface area contributed by atoms with Crippen LogP contribution in [0.2, 0.25) is 0 Å². The number of para-hydroxylation sites is 3. The molecule has 0 aliphatic heterocycles. The summed E-state index contributed by atoms with van der Waals surface area (Å²) < 4.78 is 7.14. The van der Waals surface area contributed by atoms with Crippen LogP contribution in [0.15, 0.2) is 152 Å². The molecule has 0 saturated carbocycles. The molecule has 0 unspecified atom stereocenters. The summed E-state index contributed by atoms with van der Waals surface area (Å²) in [5.41, 5.74) is 9.40. The molecule has 0 aliphatic carbocycles. The van der Waals surface area contributed by atoms with Gasteiger partial charge in [-0.25, -0.2) is 0 Å². The molecule has 0 aliphatic rings. The molecule has 3 heterocycles.